The molecule has 0 fully saturated rings. The van der Waals surface area contributed by atoms with Gasteiger partial charge in [0.05, 0.1) is 28.4 Å². The Morgan fingerprint density at radius 3 is 2.92 bits per heavy atom. The van der Waals surface area contributed by atoms with E-state index in [-0.39, 0.29) is 5.91 Å². The lowest BCUT2D eigenvalue weighted by Crippen LogP contribution is -2.13. The van der Waals surface area contributed by atoms with Crippen LogP contribution in [0, 0.1) is 11.3 Å². The molecule has 2 aromatic carbocycles. The minimum absolute atomic E-state index is 0.188. The Kier molecular flexibility index (Phi) is 5.26. The van der Waals surface area contributed by atoms with Crippen LogP contribution in [-0.4, -0.2) is 10.9 Å². The molecule has 0 unspecified atom stereocenters. The lowest BCUT2D eigenvalue weighted by Gasteiger charge is -2.09. The van der Waals surface area contributed by atoms with Crippen LogP contribution in [0.15, 0.2) is 64.3 Å². The lowest BCUT2D eigenvalue weighted by atomic mass is 10.2. The van der Waals surface area contributed by atoms with E-state index in [0.29, 0.717) is 16.8 Å². The fraction of sp³-hybridized carbons (Fsp3) is 0.0556. The minimum Gasteiger partial charge on any atom is -0.322 e. The molecule has 1 N–H and O–H groups in total. The average molecular weight is 351 g/mol. The summed E-state index contributed by atoms with van der Waals surface area (Å²) in [7, 11) is 0. The van der Waals surface area contributed by atoms with Gasteiger partial charge in [0.2, 0.25) is 0 Å². The van der Waals surface area contributed by atoms with Crippen LogP contribution in [0.2, 0.25) is 0 Å². The molecule has 118 valence electrons. The number of nitrogens with one attached hydrogen (secondary N) is 1. The second-order valence-electron chi connectivity index (χ2n) is 4.91. The van der Waals surface area contributed by atoms with Crippen molar-refractivity contribution in [1.82, 2.24) is 4.98 Å². The van der Waals surface area contributed by atoms with E-state index in [9.17, 15) is 4.79 Å². The second-order valence-corrected chi connectivity index (χ2v) is 6.65. The molecule has 1 aromatic heterocycles. The zero-order chi connectivity index (χ0) is 16.8. The van der Waals surface area contributed by atoms with Gasteiger partial charge in [0.25, 0.3) is 5.91 Å². The highest BCUT2D eigenvalue weighted by molar-refractivity contribution is 7.98. The van der Waals surface area contributed by atoms with Gasteiger partial charge in [-0.05, 0) is 30.3 Å². The van der Waals surface area contributed by atoms with E-state index in [2.05, 4.69) is 16.4 Å². The monoisotopic (exact) mass is 351 g/mol. The molecule has 3 aromatic rings. The fourth-order valence-electron chi connectivity index (χ4n) is 2.11. The standard InChI is InChI=1S/C18H13N3OS2/c19-9-13-4-3-5-14(8-13)21-18(22)16-6-1-2-7-17(16)24-11-15-10-23-12-20-15/h1-8,10,12H,11H2,(H,21,22). The van der Waals surface area contributed by atoms with Crippen LogP contribution in [0.3, 0.4) is 0 Å². The molecule has 0 saturated heterocycles. The van der Waals surface area contributed by atoms with Crippen LogP contribution < -0.4 is 5.32 Å². The van der Waals surface area contributed by atoms with E-state index in [4.69, 9.17) is 5.26 Å². The predicted octanol–water partition coefficient (Wildman–Crippen LogP) is 4.56. The zero-order valence-electron chi connectivity index (χ0n) is 12.6. The van der Waals surface area contributed by atoms with Crippen molar-refractivity contribution in [2.45, 2.75) is 10.6 Å². The Balaban J connectivity index is 1.75. The van der Waals surface area contributed by atoms with Gasteiger partial charge in [0.1, 0.15) is 0 Å². The summed E-state index contributed by atoms with van der Waals surface area (Å²) in [5.41, 5.74) is 4.54. The first kappa shape index (κ1) is 16.2. The summed E-state index contributed by atoms with van der Waals surface area (Å²) in [5.74, 6) is 0.531. The molecule has 3 rings (SSSR count). The number of hydrogen-bond acceptors (Lipinski definition) is 5. The largest absolute Gasteiger partial charge is 0.322 e. The molecule has 0 bridgehead atoms. The van der Waals surface area contributed by atoms with Gasteiger partial charge in [-0.2, -0.15) is 5.26 Å². The second kappa shape index (κ2) is 7.77. The van der Waals surface area contributed by atoms with Crippen LogP contribution in [0.4, 0.5) is 5.69 Å². The normalized spacial score (nSPS) is 10.1. The van der Waals surface area contributed by atoms with Gasteiger partial charge in [0.15, 0.2) is 0 Å². The van der Waals surface area contributed by atoms with Gasteiger partial charge >= 0.3 is 0 Å². The number of benzene rings is 2. The van der Waals surface area contributed by atoms with E-state index in [1.54, 1.807) is 58.9 Å². The molecular weight excluding hydrogens is 338 g/mol. The lowest BCUT2D eigenvalue weighted by molar-refractivity contribution is 0.102. The number of hydrogen-bond donors (Lipinski definition) is 1. The average Bonchev–Trinajstić information content (AvgIpc) is 3.14. The molecule has 0 spiro atoms. The summed E-state index contributed by atoms with van der Waals surface area (Å²) in [6, 6.07) is 16.4. The van der Waals surface area contributed by atoms with Crippen molar-refractivity contribution in [1.29, 1.82) is 5.26 Å². The molecular formula is C18H13N3OS2. The molecule has 0 saturated carbocycles. The SMILES string of the molecule is N#Cc1cccc(NC(=O)c2ccccc2SCc2cscn2)c1. The maximum Gasteiger partial charge on any atom is 0.256 e. The third kappa shape index (κ3) is 4.02. The summed E-state index contributed by atoms with van der Waals surface area (Å²) >= 11 is 3.14. The van der Waals surface area contributed by atoms with Crippen molar-refractivity contribution in [3.8, 4) is 6.07 Å². The van der Waals surface area contributed by atoms with Crippen molar-refractivity contribution in [2.75, 3.05) is 5.32 Å². The number of carbonyl (C=O) groups excluding carboxylic acids is 1. The molecule has 0 atom stereocenters. The first-order chi connectivity index (χ1) is 11.8. The Bertz CT molecular complexity index is 885. The zero-order valence-corrected chi connectivity index (χ0v) is 14.2. The number of rotatable bonds is 5. The van der Waals surface area contributed by atoms with Crippen molar-refractivity contribution < 1.29 is 4.79 Å². The molecule has 6 heteroatoms. The van der Waals surface area contributed by atoms with E-state index in [1.165, 1.54) is 0 Å². The minimum atomic E-state index is -0.188. The Morgan fingerprint density at radius 2 is 2.12 bits per heavy atom. The topological polar surface area (TPSA) is 65.8 Å². The van der Waals surface area contributed by atoms with Crippen LogP contribution in [0.5, 0.6) is 0 Å². The van der Waals surface area contributed by atoms with Crippen molar-refractivity contribution in [2.24, 2.45) is 0 Å². The third-order valence-corrected chi connectivity index (χ3v) is 4.98. The maximum atomic E-state index is 12.6. The highest BCUT2D eigenvalue weighted by atomic mass is 32.2. The highest BCUT2D eigenvalue weighted by Crippen LogP contribution is 2.27. The van der Waals surface area contributed by atoms with Gasteiger partial charge in [-0.1, -0.05) is 18.2 Å². The Hall–Kier alpha value is -2.62. The number of thiazole rings is 1. The van der Waals surface area contributed by atoms with Crippen LogP contribution in [-0.2, 0) is 5.75 Å². The molecule has 0 aliphatic rings. The summed E-state index contributed by atoms with van der Waals surface area (Å²) in [5, 5.41) is 13.8. The number of aromatic nitrogens is 1. The van der Waals surface area contributed by atoms with Gasteiger partial charge in [-0.3, -0.25) is 4.79 Å². The van der Waals surface area contributed by atoms with E-state index < -0.39 is 0 Å². The number of thioether (sulfide) groups is 1. The van der Waals surface area contributed by atoms with Crippen molar-refractivity contribution in [3.05, 3.63) is 76.2 Å². The molecule has 24 heavy (non-hydrogen) atoms. The first-order valence-electron chi connectivity index (χ1n) is 7.16. The summed E-state index contributed by atoms with van der Waals surface area (Å²) in [4.78, 5) is 17.7. The molecule has 0 aliphatic heterocycles. The first-order valence-corrected chi connectivity index (χ1v) is 9.09. The van der Waals surface area contributed by atoms with E-state index in [1.807, 2.05) is 23.6 Å². The molecule has 0 aliphatic carbocycles. The quantitative estimate of drug-likeness (QED) is 0.684. The van der Waals surface area contributed by atoms with Crippen LogP contribution in [0.25, 0.3) is 0 Å². The summed E-state index contributed by atoms with van der Waals surface area (Å²) in [6.45, 7) is 0. The molecule has 4 nitrogen and oxygen atoms in total. The number of anilines is 1. The van der Waals surface area contributed by atoms with Crippen LogP contribution in [0.1, 0.15) is 21.6 Å². The number of nitriles is 1. The summed E-state index contributed by atoms with van der Waals surface area (Å²) in [6.07, 6.45) is 0. The number of nitrogens with zero attached hydrogens (tertiary/aromatic N) is 2. The Labute approximate surface area is 148 Å². The number of amides is 1. The van der Waals surface area contributed by atoms with Gasteiger partial charge in [0, 0.05) is 21.7 Å². The fourth-order valence-corrected chi connectivity index (χ4v) is 3.72. The highest BCUT2D eigenvalue weighted by Gasteiger charge is 2.12. The van der Waals surface area contributed by atoms with E-state index >= 15 is 0 Å². The van der Waals surface area contributed by atoms with Crippen molar-refractivity contribution in [3.63, 3.8) is 0 Å². The van der Waals surface area contributed by atoms with Gasteiger partial charge in [-0.25, -0.2) is 4.98 Å². The van der Waals surface area contributed by atoms with Crippen LogP contribution >= 0.6 is 23.1 Å². The van der Waals surface area contributed by atoms with E-state index in [0.717, 1.165) is 16.3 Å². The van der Waals surface area contributed by atoms with Crippen molar-refractivity contribution >= 4 is 34.7 Å². The Morgan fingerprint density at radius 1 is 1.25 bits per heavy atom. The molecule has 0 radical (unpaired) electrons. The molecule has 1 heterocycles. The smallest absolute Gasteiger partial charge is 0.256 e. The number of carbonyl (C=O) groups is 1. The van der Waals surface area contributed by atoms with Gasteiger partial charge in [-0.15, -0.1) is 23.1 Å². The summed E-state index contributed by atoms with van der Waals surface area (Å²) < 4.78 is 0. The molecule has 1 amide bonds. The maximum absolute atomic E-state index is 12.6. The third-order valence-electron chi connectivity index (χ3n) is 3.24. The predicted molar refractivity (Wildman–Crippen MR) is 97.2 cm³/mol. The van der Waals surface area contributed by atoms with Gasteiger partial charge < -0.3 is 5.32 Å².